The third-order valence-electron chi connectivity index (χ3n) is 8.97. The number of hydrogen-bond donors (Lipinski definition) is 1. The van der Waals surface area contributed by atoms with Crippen molar-refractivity contribution in [2.75, 3.05) is 40.9 Å². The standard InChI is InChI=1S/C33H40N4O6S/c1-35(2)44(40,41)34-32(38)24-13-14-27-28(20-24)37-21-25(33(39)36(3)16-15-29-42-17-18-43-29)19-23-11-7-8-12-26(23)31(37)30(27)22-9-5-4-6-10-22/h7-8,11-14,19-20,22,29H,4-6,9-10,15-18,21H2,1-3H3,(H,34,38). The van der Waals surface area contributed by atoms with Crippen LogP contribution in [0.25, 0.3) is 28.2 Å². The smallest absolute Gasteiger partial charge is 0.303 e. The Bertz CT molecular complexity index is 1720. The molecule has 2 aliphatic heterocycles. The molecule has 0 spiro atoms. The molecule has 0 radical (unpaired) electrons. The average molecular weight is 621 g/mol. The number of amides is 2. The SMILES string of the molecule is CN(CCC1OCCO1)C(=O)C1=Cc2ccccc2-c2c(C3CCCCC3)c3ccc(C(=O)NS(=O)(=O)N(C)C)cc3n2C1. The first kappa shape index (κ1) is 30.5. The Balaban J connectivity index is 1.46. The Morgan fingerprint density at radius 2 is 1.73 bits per heavy atom. The van der Waals surface area contributed by atoms with Crippen LogP contribution in [0.15, 0.2) is 48.0 Å². The van der Waals surface area contributed by atoms with E-state index in [-0.39, 0.29) is 17.8 Å². The number of nitrogens with one attached hydrogen (secondary N) is 1. The molecule has 3 heterocycles. The Morgan fingerprint density at radius 1 is 1.00 bits per heavy atom. The van der Waals surface area contributed by atoms with Gasteiger partial charge < -0.3 is 18.9 Å². The maximum atomic E-state index is 13.9. The predicted molar refractivity (Wildman–Crippen MR) is 169 cm³/mol. The van der Waals surface area contributed by atoms with Crippen LogP contribution in [-0.4, -0.2) is 81.2 Å². The van der Waals surface area contributed by atoms with Crippen molar-refractivity contribution in [3.05, 3.63) is 64.7 Å². The number of hydrogen-bond acceptors (Lipinski definition) is 6. The molecule has 3 aromatic rings. The fourth-order valence-corrected chi connectivity index (χ4v) is 7.17. The minimum absolute atomic E-state index is 0.0855. The highest BCUT2D eigenvalue weighted by atomic mass is 32.2. The fraction of sp³-hybridized carbons (Fsp3) is 0.455. The van der Waals surface area contributed by atoms with Gasteiger partial charge in [0, 0.05) is 61.7 Å². The molecular formula is C33H40N4O6S. The molecule has 234 valence electrons. The lowest BCUT2D eigenvalue weighted by Crippen LogP contribution is -2.39. The molecule has 44 heavy (non-hydrogen) atoms. The summed E-state index contributed by atoms with van der Waals surface area (Å²) in [7, 11) is 0.572. The third kappa shape index (κ3) is 5.93. The number of benzene rings is 2. The van der Waals surface area contributed by atoms with Crippen molar-refractivity contribution in [1.82, 2.24) is 18.5 Å². The molecule has 2 amide bonds. The molecule has 2 fully saturated rings. The van der Waals surface area contributed by atoms with Gasteiger partial charge in [0.25, 0.3) is 11.8 Å². The Labute approximate surface area is 258 Å². The second kappa shape index (κ2) is 12.5. The van der Waals surface area contributed by atoms with Gasteiger partial charge >= 0.3 is 10.2 Å². The zero-order valence-electron chi connectivity index (χ0n) is 25.5. The highest BCUT2D eigenvalue weighted by Crippen LogP contribution is 2.46. The molecule has 1 aromatic heterocycles. The van der Waals surface area contributed by atoms with Crippen molar-refractivity contribution >= 4 is 39.0 Å². The van der Waals surface area contributed by atoms with Gasteiger partial charge in [-0.25, -0.2) is 4.72 Å². The van der Waals surface area contributed by atoms with E-state index in [1.807, 2.05) is 30.3 Å². The molecule has 1 saturated heterocycles. The molecular weight excluding hydrogens is 580 g/mol. The van der Waals surface area contributed by atoms with Crippen molar-refractivity contribution in [3.8, 4) is 11.3 Å². The molecule has 1 N–H and O–H groups in total. The summed E-state index contributed by atoms with van der Waals surface area (Å²) in [6.07, 6.45) is 7.95. The number of nitrogens with zero attached hydrogens (tertiary/aromatic N) is 3. The second-order valence-corrected chi connectivity index (χ2v) is 14.0. The molecule has 0 atom stereocenters. The van der Waals surface area contributed by atoms with E-state index in [1.165, 1.54) is 26.1 Å². The first-order valence-electron chi connectivity index (χ1n) is 15.3. The van der Waals surface area contributed by atoms with Crippen LogP contribution >= 0.6 is 0 Å². The summed E-state index contributed by atoms with van der Waals surface area (Å²) in [5.74, 6) is -0.444. The summed E-state index contributed by atoms with van der Waals surface area (Å²) in [6.45, 7) is 1.93. The highest BCUT2D eigenvalue weighted by Gasteiger charge is 2.31. The summed E-state index contributed by atoms with van der Waals surface area (Å²) in [5.41, 5.74) is 6.00. The van der Waals surface area contributed by atoms with E-state index in [9.17, 15) is 18.0 Å². The lowest BCUT2D eigenvalue weighted by atomic mass is 9.81. The van der Waals surface area contributed by atoms with Crippen molar-refractivity contribution in [1.29, 1.82) is 0 Å². The summed E-state index contributed by atoms with van der Waals surface area (Å²) in [6, 6.07) is 13.6. The van der Waals surface area contributed by atoms with Crippen molar-refractivity contribution in [2.24, 2.45) is 0 Å². The van der Waals surface area contributed by atoms with E-state index >= 15 is 0 Å². The number of carbonyl (C=O) groups excluding carboxylic acids is 2. The zero-order valence-corrected chi connectivity index (χ0v) is 26.4. The molecule has 11 heteroatoms. The quantitative estimate of drug-likeness (QED) is 0.397. The number of carbonyl (C=O) groups is 2. The molecule has 0 bridgehead atoms. The van der Waals surface area contributed by atoms with Crippen molar-refractivity contribution in [2.45, 2.75) is 57.3 Å². The second-order valence-electron chi connectivity index (χ2n) is 12.1. The van der Waals surface area contributed by atoms with Crippen LogP contribution in [0.3, 0.4) is 0 Å². The lowest BCUT2D eigenvalue weighted by Gasteiger charge is -2.24. The number of aromatic nitrogens is 1. The van der Waals surface area contributed by atoms with Crippen LogP contribution in [0.2, 0.25) is 0 Å². The fourth-order valence-electron chi connectivity index (χ4n) is 6.64. The minimum Gasteiger partial charge on any atom is -0.350 e. The van der Waals surface area contributed by atoms with E-state index < -0.39 is 16.1 Å². The van der Waals surface area contributed by atoms with Crippen LogP contribution in [-0.2, 0) is 31.0 Å². The highest BCUT2D eigenvalue weighted by molar-refractivity contribution is 7.87. The number of fused-ring (bicyclic) bond motifs is 5. The zero-order chi connectivity index (χ0) is 31.0. The van der Waals surface area contributed by atoms with Gasteiger partial charge in [-0.15, -0.1) is 0 Å². The van der Waals surface area contributed by atoms with Gasteiger partial charge in [-0.05, 0) is 48.1 Å². The Kier molecular flexibility index (Phi) is 8.65. The minimum atomic E-state index is -3.97. The van der Waals surface area contributed by atoms with Crippen LogP contribution in [0.1, 0.15) is 65.9 Å². The van der Waals surface area contributed by atoms with Crippen LogP contribution in [0, 0.1) is 0 Å². The molecule has 1 aliphatic carbocycles. The van der Waals surface area contributed by atoms with Crippen LogP contribution in [0.5, 0.6) is 0 Å². The lowest BCUT2D eigenvalue weighted by molar-refractivity contribution is -0.127. The van der Waals surface area contributed by atoms with Crippen LogP contribution < -0.4 is 4.72 Å². The van der Waals surface area contributed by atoms with Crippen molar-refractivity contribution < 1.29 is 27.5 Å². The maximum Gasteiger partial charge on any atom is 0.303 e. The molecule has 3 aliphatic rings. The molecule has 10 nitrogen and oxygen atoms in total. The van der Waals surface area contributed by atoms with Gasteiger partial charge in [-0.3, -0.25) is 9.59 Å². The maximum absolute atomic E-state index is 13.9. The Hall–Kier alpha value is -3.51. The topological polar surface area (TPSA) is 110 Å². The summed E-state index contributed by atoms with van der Waals surface area (Å²) < 4.78 is 41.3. The van der Waals surface area contributed by atoms with E-state index in [1.54, 1.807) is 24.1 Å². The van der Waals surface area contributed by atoms with Gasteiger partial charge in [-0.2, -0.15) is 12.7 Å². The first-order chi connectivity index (χ1) is 21.1. The van der Waals surface area contributed by atoms with Gasteiger partial charge in [0.2, 0.25) is 0 Å². The molecule has 0 unspecified atom stereocenters. The average Bonchev–Trinajstić information content (AvgIpc) is 3.61. The summed E-state index contributed by atoms with van der Waals surface area (Å²) in [4.78, 5) is 28.8. The molecule has 6 rings (SSSR count). The molecule has 1 saturated carbocycles. The van der Waals surface area contributed by atoms with Crippen LogP contribution in [0.4, 0.5) is 0 Å². The first-order valence-corrected chi connectivity index (χ1v) is 16.8. The number of ether oxygens (including phenoxy) is 2. The predicted octanol–water partition coefficient (Wildman–Crippen LogP) is 4.51. The van der Waals surface area contributed by atoms with Crippen molar-refractivity contribution in [3.63, 3.8) is 0 Å². The molecule has 2 aromatic carbocycles. The van der Waals surface area contributed by atoms with E-state index in [0.717, 1.165) is 57.7 Å². The van der Waals surface area contributed by atoms with E-state index in [0.29, 0.717) is 44.2 Å². The normalized spacial score (nSPS) is 17.7. The van der Waals surface area contributed by atoms with Gasteiger partial charge in [0.15, 0.2) is 6.29 Å². The summed E-state index contributed by atoms with van der Waals surface area (Å²) >= 11 is 0. The number of likely N-dealkylation sites (N-methyl/N-ethyl adjacent to an activating group) is 1. The number of rotatable bonds is 8. The van der Waals surface area contributed by atoms with E-state index in [4.69, 9.17) is 9.47 Å². The monoisotopic (exact) mass is 620 g/mol. The third-order valence-corrected chi connectivity index (χ3v) is 10.4. The largest absolute Gasteiger partial charge is 0.350 e. The van der Waals surface area contributed by atoms with Gasteiger partial charge in [-0.1, -0.05) is 49.6 Å². The van der Waals surface area contributed by atoms with Gasteiger partial charge in [0.05, 0.1) is 25.5 Å². The van der Waals surface area contributed by atoms with Gasteiger partial charge in [0.1, 0.15) is 0 Å². The van der Waals surface area contributed by atoms with E-state index in [2.05, 4.69) is 15.4 Å². The Morgan fingerprint density at radius 3 is 2.45 bits per heavy atom. The summed E-state index contributed by atoms with van der Waals surface area (Å²) in [5, 5.41) is 1.03.